The predicted octanol–water partition coefficient (Wildman–Crippen LogP) is -0.474. The molecule has 0 radical (unpaired) electrons. The lowest BCUT2D eigenvalue weighted by Crippen LogP contribution is -2.45. The molecule has 0 unspecified atom stereocenters. The van der Waals surface area contributed by atoms with Crippen LogP contribution >= 0.6 is 0 Å². The number of rotatable bonds is 6. The van der Waals surface area contributed by atoms with Gasteiger partial charge in [-0.2, -0.15) is 12.7 Å². The van der Waals surface area contributed by atoms with Crippen LogP contribution in [0.5, 0.6) is 0 Å². The van der Waals surface area contributed by atoms with Gasteiger partial charge in [0.15, 0.2) is 0 Å². The molecule has 1 fully saturated rings. The second-order valence-electron chi connectivity index (χ2n) is 3.58. The lowest BCUT2D eigenvalue weighted by Gasteiger charge is -2.20. The Morgan fingerprint density at radius 3 is 2.47 bits per heavy atom. The maximum atomic E-state index is 11.7. The van der Waals surface area contributed by atoms with E-state index in [1.807, 2.05) is 0 Å². The number of carboxylic acids is 1. The van der Waals surface area contributed by atoms with Gasteiger partial charge in [0.2, 0.25) is 0 Å². The minimum absolute atomic E-state index is 0.160. The van der Waals surface area contributed by atoms with Gasteiger partial charge in [-0.25, -0.2) is 9.52 Å². The molecule has 0 aromatic carbocycles. The molecule has 8 nitrogen and oxygen atoms in total. The molecule has 1 saturated carbocycles. The average molecular weight is 266 g/mol. The highest BCUT2D eigenvalue weighted by Crippen LogP contribution is 2.28. The Labute approximate surface area is 98.7 Å². The number of amides is 1. The van der Waals surface area contributed by atoms with E-state index in [0.717, 1.165) is 11.4 Å². The lowest BCUT2D eigenvalue weighted by molar-refractivity contribution is -0.137. The van der Waals surface area contributed by atoms with Crippen molar-refractivity contribution in [1.29, 1.82) is 0 Å². The number of hydrogen-bond acceptors (Lipinski definition) is 5. The summed E-state index contributed by atoms with van der Waals surface area (Å²) in [7, 11) is -2.98. The van der Waals surface area contributed by atoms with Crippen molar-refractivity contribution in [3.63, 3.8) is 0 Å². The Bertz CT molecular complexity index is 402. The highest BCUT2D eigenvalue weighted by atomic mass is 32.2. The number of aliphatic carboxylic acids is 1. The van der Waals surface area contributed by atoms with E-state index in [1.54, 1.807) is 4.72 Å². The molecule has 0 aromatic heterocycles. The number of hydrogen-bond donors (Lipinski definition) is 2. The molecule has 0 spiro atoms. The van der Waals surface area contributed by atoms with Gasteiger partial charge in [0.1, 0.15) is 0 Å². The number of methoxy groups -OCH3 is 1. The van der Waals surface area contributed by atoms with Crippen LogP contribution in [-0.4, -0.2) is 49.6 Å². The van der Waals surface area contributed by atoms with Crippen LogP contribution in [0.2, 0.25) is 0 Å². The van der Waals surface area contributed by atoms with Crippen LogP contribution in [0.1, 0.15) is 19.3 Å². The molecule has 0 aromatic rings. The van der Waals surface area contributed by atoms with Crippen LogP contribution in [0, 0.1) is 0 Å². The van der Waals surface area contributed by atoms with Gasteiger partial charge < -0.3 is 9.84 Å². The number of nitrogens with one attached hydrogen (secondary N) is 1. The summed E-state index contributed by atoms with van der Waals surface area (Å²) in [5, 5.41) is 8.52. The summed E-state index contributed by atoms with van der Waals surface area (Å²) in [6, 6.07) is -0.225. The largest absolute Gasteiger partial charge is 0.481 e. The highest BCUT2D eigenvalue weighted by molar-refractivity contribution is 7.87. The third kappa shape index (κ3) is 4.19. The quantitative estimate of drug-likeness (QED) is 0.671. The van der Waals surface area contributed by atoms with Crippen molar-refractivity contribution in [2.24, 2.45) is 0 Å². The number of ether oxygens (including phenoxy) is 1. The molecular weight excluding hydrogens is 252 g/mol. The molecule has 1 amide bonds. The van der Waals surface area contributed by atoms with Crippen LogP contribution in [0.15, 0.2) is 0 Å². The standard InChI is InChI=1S/C8H14N2O6S/c1-16-8(13)9-17(14,15)10(6-2-3-6)5-4-7(11)12/h6H,2-5H2,1H3,(H,9,13)(H,11,12). The fraction of sp³-hybridized carbons (Fsp3) is 0.750. The van der Waals surface area contributed by atoms with Gasteiger partial charge >= 0.3 is 22.3 Å². The minimum Gasteiger partial charge on any atom is -0.481 e. The second-order valence-corrected chi connectivity index (χ2v) is 5.21. The second kappa shape index (κ2) is 5.32. The Kier molecular flexibility index (Phi) is 4.29. The third-order valence-corrected chi connectivity index (χ3v) is 3.73. The minimum atomic E-state index is -4.02. The first-order chi connectivity index (χ1) is 7.86. The maximum Gasteiger partial charge on any atom is 0.421 e. The van der Waals surface area contributed by atoms with Crippen molar-refractivity contribution in [3.05, 3.63) is 0 Å². The van der Waals surface area contributed by atoms with Gasteiger partial charge in [-0.1, -0.05) is 0 Å². The molecular formula is C8H14N2O6S. The zero-order valence-corrected chi connectivity index (χ0v) is 10.1. The summed E-state index contributed by atoms with van der Waals surface area (Å²) in [6.07, 6.45) is -0.0619. The van der Waals surface area contributed by atoms with Crippen LogP contribution < -0.4 is 4.72 Å². The summed E-state index contributed by atoms with van der Waals surface area (Å²) >= 11 is 0. The fourth-order valence-corrected chi connectivity index (χ4v) is 2.62. The van der Waals surface area contributed by atoms with E-state index >= 15 is 0 Å². The topological polar surface area (TPSA) is 113 Å². The predicted molar refractivity (Wildman–Crippen MR) is 56.4 cm³/mol. The van der Waals surface area contributed by atoms with Gasteiger partial charge in [-0.15, -0.1) is 0 Å². The highest BCUT2D eigenvalue weighted by Gasteiger charge is 2.38. The first kappa shape index (κ1) is 13.7. The van der Waals surface area contributed by atoms with Gasteiger partial charge in [-0.3, -0.25) is 4.79 Å². The van der Waals surface area contributed by atoms with Crippen molar-refractivity contribution in [1.82, 2.24) is 9.03 Å². The van der Waals surface area contributed by atoms with Gasteiger partial charge in [0.25, 0.3) is 0 Å². The number of carbonyl (C=O) groups is 2. The van der Waals surface area contributed by atoms with Crippen molar-refractivity contribution >= 4 is 22.3 Å². The number of nitrogens with zero attached hydrogens (tertiary/aromatic N) is 1. The molecule has 0 atom stereocenters. The third-order valence-electron chi connectivity index (χ3n) is 2.21. The summed E-state index contributed by atoms with van der Waals surface area (Å²) in [6.45, 7) is -0.160. The van der Waals surface area contributed by atoms with E-state index in [-0.39, 0.29) is 19.0 Å². The SMILES string of the molecule is COC(=O)NS(=O)(=O)N(CCC(=O)O)C1CC1. The van der Waals surface area contributed by atoms with Crippen molar-refractivity contribution < 1.29 is 27.9 Å². The van der Waals surface area contributed by atoms with E-state index in [2.05, 4.69) is 4.74 Å². The van der Waals surface area contributed by atoms with Crippen LogP contribution in [0.3, 0.4) is 0 Å². The molecule has 9 heteroatoms. The van der Waals surface area contributed by atoms with E-state index < -0.39 is 22.3 Å². The number of carboxylic acid groups (broad SMARTS) is 1. The first-order valence-corrected chi connectivity index (χ1v) is 6.40. The van der Waals surface area contributed by atoms with Crippen LogP contribution in [0.25, 0.3) is 0 Å². The van der Waals surface area contributed by atoms with Crippen molar-refractivity contribution in [2.75, 3.05) is 13.7 Å². The van der Waals surface area contributed by atoms with Crippen molar-refractivity contribution in [3.8, 4) is 0 Å². The smallest absolute Gasteiger partial charge is 0.421 e. The summed E-state index contributed by atoms with van der Waals surface area (Å²) < 4.78 is 30.3. The fourth-order valence-electron chi connectivity index (χ4n) is 1.27. The van der Waals surface area contributed by atoms with E-state index in [9.17, 15) is 18.0 Å². The molecule has 0 aliphatic heterocycles. The molecule has 2 N–H and O–H groups in total. The molecule has 98 valence electrons. The molecule has 17 heavy (non-hydrogen) atoms. The van der Waals surface area contributed by atoms with Gasteiger partial charge in [-0.05, 0) is 12.8 Å². The Balaban J connectivity index is 2.68. The molecule has 1 rings (SSSR count). The van der Waals surface area contributed by atoms with E-state index in [4.69, 9.17) is 5.11 Å². The average Bonchev–Trinajstić information content (AvgIpc) is 3.00. The van der Waals surface area contributed by atoms with E-state index in [0.29, 0.717) is 12.8 Å². The zero-order valence-electron chi connectivity index (χ0n) is 9.25. The normalized spacial score (nSPS) is 15.6. The summed E-state index contributed by atoms with van der Waals surface area (Å²) in [4.78, 5) is 21.3. The monoisotopic (exact) mass is 266 g/mol. The van der Waals surface area contributed by atoms with Gasteiger partial charge in [0, 0.05) is 12.6 Å². The van der Waals surface area contributed by atoms with Crippen LogP contribution in [-0.2, 0) is 19.7 Å². The molecule has 0 heterocycles. The number of carbonyl (C=O) groups excluding carboxylic acids is 1. The lowest BCUT2D eigenvalue weighted by atomic mass is 10.4. The molecule has 1 aliphatic rings. The molecule has 1 aliphatic carbocycles. The first-order valence-electron chi connectivity index (χ1n) is 4.96. The Morgan fingerprint density at radius 2 is 2.06 bits per heavy atom. The summed E-state index contributed by atoms with van der Waals surface area (Å²) in [5.74, 6) is -1.09. The Hall–Kier alpha value is -1.35. The maximum absolute atomic E-state index is 11.7. The van der Waals surface area contributed by atoms with E-state index in [1.165, 1.54) is 0 Å². The Morgan fingerprint density at radius 1 is 1.47 bits per heavy atom. The summed E-state index contributed by atoms with van der Waals surface area (Å²) in [5.41, 5.74) is 0. The van der Waals surface area contributed by atoms with Crippen LogP contribution in [0.4, 0.5) is 4.79 Å². The molecule has 0 saturated heterocycles. The molecule has 0 bridgehead atoms. The zero-order chi connectivity index (χ0) is 13.1. The van der Waals surface area contributed by atoms with Crippen molar-refractivity contribution in [2.45, 2.75) is 25.3 Å². The van der Waals surface area contributed by atoms with Gasteiger partial charge in [0.05, 0.1) is 13.5 Å².